The van der Waals surface area contributed by atoms with E-state index in [0.717, 1.165) is 82.8 Å². The van der Waals surface area contributed by atoms with E-state index in [0.29, 0.717) is 11.4 Å². The van der Waals surface area contributed by atoms with Crippen LogP contribution in [0.25, 0.3) is 103 Å². The minimum absolute atomic E-state index is 0.591. The monoisotopic (exact) mass is 699 g/mol. The summed E-state index contributed by atoms with van der Waals surface area (Å²) >= 11 is 0. The SMILES string of the molecule is [C-]#[N+]c1ccc2c(c1)c1ccccc1n2-c1cccc(-c2cccc(-n3c4ccccc4c4c(-n5c6ccccc6c6ccccc65)cccc43)c2[N+]#[C-])c1. The molecule has 0 saturated carbocycles. The third-order valence-electron chi connectivity index (χ3n) is 11.1. The summed E-state index contributed by atoms with van der Waals surface area (Å²) in [4.78, 5) is 7.97. The first kappa shape index (κ1) is 30.7. The molecule has 0 saturated heterocycles. The van der Waals surface area contributed by atoms with Crippen LogP contribution in [0.5, 0.6) is 0 Å². The summed E-state index contributed by atoms with van der Waals surface area (Å²) in [6.45, 7) is 16.3. The Kier molecular flexibility index (Phi) is 6.61. The van der Waals surface area contributed by atoms with Gasteiger partial charge in [-0.1, -0.05) is 109 Å². The molecule has 0 N–H and O–H groups in total. The molecule has 0 fully saturated rings. The molecule has 0 aliphatic rings. The number of nitrogens with zero attached hydrogens (tertiary/aromatic N) is 5. The van der Waals surface area contributed by atoms with Gasteiger partial charge in [0.2, 0.25) is 5.69 Å². The third kappa shape index (κ3) is 4.39. The second-order valence-corrected chi connectivity index (χ2v) is 13.9. The van der Waals surface area contributed by atoms with Gasteiger partial charge in [-0.3, -0.25) is 0 Å². The van der Waals surface area contributed by atoms with Crippen molar-refractivity contribution in [3.63, 3.8) is 0 Å². The van der Waals surface area contributed by atoms with Crippen molar-refractivity contribution in [1.82, 2.24) is 13.7 Å². The Balaban J connectivity index is 1.14. The minimum atomic E-state index is 0.591. The van der Waals surface area contributed by atoms with Crippen molar-refractivity contribution in [1.29, 1.82) is 0 Å². The Morgan fingerprint density at radius 1 is 0.364 bits per heavy atom. The Morgan fingerprint density at radius 3 is 1.58 bits per heavy atom. The average molecular weight is 700 g/mol. The van der Waals surface area contributed by atoms with Gasteiger partial charge in [0.1, 0.15) is 0 Å². The lowest BCUT2D eigenvalue weighted by Crippen LogP contribution is -1.98. The van der Waals surface area contributed by atoms with Crippen LogP contribution in [0.1, 0.15) is 0 Å². The second kappa shape index (κ2) is 11.8. The normalized spacial score (nSPS) is 11.6. The van der Waals surface area contributed by atoms with Gasteiger partial charge < -0.3 is 13.7 Å². The zero-order valence-corrected chi connectivity index (χ0v) is 29.5. The number of benzene rings is 8. The molecule has 0 atom stereocenters. The highest BCUT2D eigenvalue weighted by molar-refractivity contribution is 6.17. The van der Waals surface area contributed by atoms with Crippen LogP contribution in [0, 0.1) is 13.1 Å². The second-order valence-electron chi connectivity index (χ2n) is 13.9. The van der Waals surface area contributed by atoms with Crippen LogP contribution in [-0.2, 0) is 0 Å². The first-order valence-electron chi connectivity index (χ1n) is 18.3. The van der Waals surface area contributed by atoms with Gasteiger partial charge in [0, 0.05) is 32.6 Å². The van der Waals surface area contributed by atoms with Gasteiger partial charge in [0.15, 0.2) is 5.69 Å². The van der Waals surface area contributed by atoms with E-state index in [1.807, 2.05) is 24.3 Å². The molecule has 0 unspecified atom stereocenters. The maximum absolute atomic E-state index is 8.66. The molecule has 0 aliphatic heterocycles. The highest BCUT2D eigenvalue weighted by atomic mass is 15.0. The van der Waals surface area contributed by atoms with Gasteiger partial charge in [0.25, 0.3) is 0 Å². The molecule has 3 aromatic heterocycles. The molecule has 11 rings (SSSR count). The zero-order chi connectivity index (χ0) is 36.6. The summed E-state index contributed by atoms with van der Waals surface area (Å²) < 4.78 is 6.91. The summed E-state index contributed by atoms with van der Waals surface area (Å²) in [5.74, 6) is 0. The molecular formula is C50H29N5. The first-order valence-corrected chi connectivity index (χ1v) is 18.3. The lowest BCUT2D eigenvalue weighted by molar-refractivity contribution is 1.17. The Bertz CT molecular complexity index is 3420. The molecule has 5 heteroatoms. The molecule has 11 aromatic rings. The number of hydrogen-bond donors (Lipinski definition) is 0. The van der Waals surface area contributed by atoms with Crippen LogP contribution in [0.2, 0.25) is 0 Å². The molecule has 3 heterocycles. The highest BCUT2D eigenvalue weighted by Gasteiger charge is 2.22. The van der Waals surface area contributed by atoms with E-state index in [4.69, 9.17) is 13.1 Å². The van der Waals surface area contributed by atoms with Gasteiger partial charge in [-0.25, -0.2) is 9.69 Å². The van der Waals surface area contributed by atoms with Crippen molar-refractivity contribution in [3.05, 3.63) is 199 Å². The third-order valence-corrected chi connectivity index (χ3v) is 11.1. The van der Waals surface area contributed by atoms with E-state index in [2.05, 4.69) is 175 Å². The largest absolute Gasteiger partial charge is 0.319 e. The fourth-order valence-electron chi connectivity index (χ4n) is 8.81. The smallest absolute Gasteiger partial charge is 0.218 e. The number of hydrogen-bond acceptors (Lipinski definition) is 0. The van der Waals surface area contributed by atoms with Gasteiger partial charge in [-0.2, -0.15) is 0 Å². The minimum Gasteiger partial charge on any atom is -0.319 e. The van der Waals surface area contributed by atoms with Crippen LogP contribution < -0.4 is 0 Å². The first-order chi connectivity index (χ1) is 27.2. The standard InChI is InChI=1S/C50H29N5/c1-51-33-28-29-45-40(31-33)38-18-5-7-21-41(38)53(45)34-15-11-14-32(30-34)35-20-12-27-48(50(35)52-2)55-44-24-10-6-19-39(44)49-46(25-13-26-47(49)55)54-42-22-8-3-16-36(42)37-17-4-9-23-43(37)54/h3-31H. The van der Waals surface area contributed by atoms with Crippen LogP contribution in [-0.4, -0.2) is 13.7 Å². The highest BCUT2D eigenvalue weighted by Crippen LogP contribution is 2.44. The molecule has 8 aromatic carbocycles. The molecule has 5 nitrogen and oxygen atoms in total. The van der Waals surface area contributed by atoms with Crippen molar-refractivity contribution in [3.8, 4) is 28.2 Å². The summed E-state index contributed by atoms with van der Waals surface area (Å²) in [5, 5.41) is 6.86. The van der Waals surface area contributed by atoms with Crippen LogP contribution in [0.4, 0.5) is 11.4 Å². The Morgan fingerprint density at radius 2 is 0.891 bits per heavy atom. The summed E-state index contributed by atoms with van der Waals surface area (Å²) in [7, 11) is 0. The molecule has 254 valence electrons. The average Bonchev–Trinajstić information content (AvgIpc) is 3.89. The molecular weight excluding hydrogens is 671 g/mol. The van der Waals surface area contributed by atoms with E-state index in [9.17, 15) is 0 Å². The quantitative estimate of drug-likeness (QED) is 0.163. The maximum Gasteiger partial charge on any atom is 0.218 e. The molecule has 55 heavy (non-hydrogen) atoms. The lowest BCUT2D eigenvalue weighted by atomic mass is 10.0. The van der Waals surface area contributed by atoms with Crippen molar-refractivity contribution in [2.24, 2.45) is 0 Å². The predicted octanol–water partition coefficient (Wildman–Crippen LogP) is 13.7. The van der Waals surface area contributed by atoms with Crippen LogP contribution in [0.3, 0.4) is 0 Å². The van der Waals surface area contributed by atoms with E-state index in [1.165, 1.54) is 10.8 Å². The van der Waals surface area contributed by atoms with Gasteiger partial charge in [-0.15, -0.1) is 0 Å². The van der Waals surface area contributed by atoms with Crippen molar-refractivity contribution >= 4 is 76.8 Å². The van der Waals surface area contributed by atoms with E-state index in [1.54, 1.807) is 0 Å². The molecule has 0 aliphatic carbocycles. The Labute approximate surface area is 316 Å². The van der Waals surface area contributed by atoms with Crippen molar-refractivity contribution in [2.75, 3.05) is 0 Å². The molecule has 0 bridgehead atoms. The fourth-order valence-corrected chi connectivity index (χ4v) is 8.81. The Hall–Kier alpha value is -7.86. The van der Waals surface area contributed by atoms with E-state index < -0.39 is 0 Å². The number of para-hydroxylation sites is 5. The predicted molar refractivity (Wildman–Crippen MR) is 227 cm³/mol. The van der Waals surface area contributed by atoms with Crippen LogP contribution in [0.15, 0.2) is 176 Å². The fraction of sp³-hybridized carbons (Fsp3) is 0. The van der Waals surface area contributed by atoms with Crippen molar-refractivity contribution < 1.29 is 0 Å². The zero-order valence-electron chi connectivity index (χ0n) is 29.5. The molecule has 0 spiro atoms. The molecule has 0 radical (unpaired) electrons. The maximum atomic E-state index is 8.66. The van der Waals surface area contributed by atoms with Gasteiger partial charge >= 0.3 is 0 Å². The van der Waals surface area contributed by atoms with Gasteiger partial charge in [-0.05, 0) is 83.2 Å². The summed E-state index contributed by atoms with van der Waals surface area (Å²) in [6.07, 6.45) is 0. The number of fused-ring (bicyclic) bond motifs is 9. The molecule has 0 amide bonds. The van der Waals surface area contributed by atoms with Crippen molar-refractivity contribution in [2.45, 2.75) is 0 Å². The van der Waals surface area contributed by atoms with E-state index in [-0.39, 0.29) is 0 Å². The summed E-state index contributed by atoms with van der Waals surface area (Å²) in [5.41, 5.74) is 12.5. The number of rotatable bonds is 4. The lowest BCUT2D eigenvalue weighted by Gasteiger charge is -2.15. The van der Waals surface area contributed by atoms with Gasteiger partial charge in [0.05, 0.1) is 57.6 Å². The van der Waals surface area contributed by atoms with Crippen LogP contribution >= 0.6 is 0 Å². The summed E-state index contributed by atoms with van der Waals surface area (Å²) in [6, 6.07) is 61.2. The topological polar surface area (TPSA) is 23.5 Å². The number of aromatic nitrogens is 3. The van der Waals surface area contributed by atoms with E-state index >= 15 is 0 Å².